The van der Waals surface area contributed by atoms with E-state index in [1.165, 1.54) is 0 Å². The van der Waals surface area contributed by atoms with Crippen molar-refractivity contribution < 1.29 is 13.2 Å². The molecule has 7 heteroatoms. The third kappa shape index (κ3) is 7.47. The Morgan fingerprint density at radius 3 is 2.43 bits per heavy atom. The highest BCUT2D eigenvalue weighted by molar-refractivity contribution is 7.91. The van der Waals surface area contributed by atoms with E-state index in [1.54, 1.807) is 4.90 Å². The van der Waals surface area contributed by atoms with Crippen molar-refractivity contribution in [2.24, 2.45) is 5.73 Å². The van der Waals surface area contributed by atoms with Crippen LogP contribution in [0.2, 0.25) is 0 Å². The van der Waals surface area contributed by atoms with Gasteiger partial charge >= 0.3 is 0 Å². The highest BCUT2D eigenvalue weighted by atomic mass is 35.5. The zero-order valence-electron chi connectivity index (χ0n) is 12.9. The summed E-state index contributed by atoms with van der Waals surface area (Å²) >= 11 is 0. The summed E-state index contributed by atoms with van der Waals surface area (Å²) in [6.45, 7) is 3.39. The Kier molecular flexibility index (Phi) is 10.2. The molecule has 5 nitrogen and oxygen atoms in total. The fourth-order valence-electron chi connectivity index (χ4n) is 2.69. The summed E-state index contributed by atoms with van der Waals surface area (Å²) in [5, 5.41) is 0. The molecule has 1 unspecified atom stereocenters. The maximum absolute atomic E-state index is 12.3. The van der Waals surface area contributed by atoms with Crippen LogP contribution in [0.3, 0.4) is 0 Å². The molecule has 1 aliphatic heterocycles. The van der Waals surface area contributed by atoms with Gasteiger partial charge in [-0.05, 0) is 32.2 Å². The van der Waals surface area contributed by atoms with Crippen LogP contribution in [0.5, 0.6) is 0 Å². The molecule has 0 bridgehead atoms. The first-order valence-electron chi connectivity index (χ1n) is 7.70. The molecule has 2 N–H and O–H groups in total. The van der Waals surface area contributed by atoms with Crippen molar-refractivity contribution in [3.63, 3.8) is 0 Å². The van der Waals surface area contributed by atoms with Gasteiger partial charge in [0.1, 0.15) is 0 Å². The number of rotatable bonds is 9. The first-order chi connectivity index (χ1) is 9.50. The van der Waals surface area contributed by atoms with E-state index in [0.29, 0.717) is 25.9 Å². The molecule has 0 aliphatic carbocycles. The molecule has 0 radical (unpaired) electrons. The van der Waals surface area contributed by atoms with Crippen molar-refractivity contribution in [1.29, 1.82) is 0 Å². The Labute approximate surface area is 135 Å². The van der Waals surface area contributed by atoms with E-state index in [2.05, 4.69) is 0 Å². The average Bonchev–Trinajstić information content (AvgIpc) is 2.75. The third-order valence-corrected chi connectivity index (χ3v) is 5.53. The second kappa shape index (κ2) is 10.4. The normalized spacial score (nSPS) is 20.0. The van der Waals surface area contributed by atoms with E-state index < -0.39 is 9.84 Å². The number of hydrogen-bond donors (Lipinski definition) is 1. The van der Waals surface area contributed by atoms with Crippen LogP contribution >= 0.6 is 12.4 Å². The molecule has 1 rings (SSSR count). The number of nitrogens with zero attached hydrogens (tertiary/aromatic N) is 1. The van der Waals surface area contributed by atoms with Crippen LogP contribution < -0.4 is 5.73 Å². The van der Waals surface area contributed by atoms with Gasteiger partial charge in [-0.25, -0.2) is 8.42 Å². The van der Waals surface area contributed by atoms with Gasteiger partial charge in [0.2, 0.25) is 5.91 Å². The minimum Gasteiger partial charge on any atom is -0.339 e. The lowest BCUT2D eigenvalue weighted by Gasteiger charge is -2.28. The second-order valence-electron chi connectivity index (χ2n) is 5.60. The summed E-state index contributed by atoms with van der Waals surface area (Å²) in [5.74, 6) is 0.481. The lowest BCUT2D eigenvalue weighted by Crippen LogP contribution is -2.41. The summed E-state index contributed by atoms with van der Waals surface area (Å²) in [4.78, 5) is 14.1. The van der Waals surface area contributed by atoms with Crippen LogP contribution in [0, 0.1) is 0 Å². The minimum atomic E-state index is -2.93. The Morgan fingerprint density at radius 1 is 1.24 bits per heavy atom. The predicted octanol–water partition coefficient (Wildman–Crippen LogP) is 1.74. The first kappa shape index (κ1) is 20.7. The molecule has 1 heterocycles. The quantitative estimate of drug-likeness (QED) is 0.648. The predicted molar refractivity (Wildman–Crippen MR) is 88.5 cm³/mol. The summed E-state index contributed by atoms with van der Waals surface area (Å²) < 4.78 is 23.1. The van der Waals surface area contributed by atoms with Crippen LogP contribution in [-0.2, 0) is 14.6 Å². The van der Waals surface area contributed by atoms with Gasteiger partial charge in [-0.2, -0.15) is 0 Å². The lowest BCUT2D eigenvalue weighted by atomic mass is 10.1. The summed E-state index contributed by atoms with van der Waals surface area (Å²) in [6, 6.07) is -0.100. The zero-order chi connectivity index (χ0) is 15.0. The molecule has 1 atom stereocenters. The molecule has 1 amide bonds. The smallest absolute Gasteiger partial charge is 0.222 e. The van der Waals surface area contributed by atoms with Crippen LogP contribution in [0.1, 0.15) is 51.9 Å². The highest BCUT2D eigenvalue weighted by Crippen LogP contribution is 2.19. The molecule has 0 spiro atoms. The Bertz CT molecular complexity index is 401. The standard InChI is InChI=1S/C14H28N2O3S.ClH/c1-2-10-16(13-8-11-20(18,19)12-13)14(17)7-5-3-4-6-9-15;/h13H,2-12,15H2,1H3;1H. The van der Waals surface area contributed by atoms with Crippen molar-refractivity contribution in [3.05, 3.63) is 0 Å². The van der Waals surface area contributed by atoms with E-state index in [9.17, 15) is 13.2 Å². The number of nitrogens with two attached hydrogens (primary N) is 1. The minimum absolute atomic E-state index is 0. The van der Waals surface area contributed by atoms with Crippen LogP contribution in [0.4, 0.5) is 0 Å². The molecule has 0 saturated carbocycles. The molecule has 0 aromatic carbocycles. The molecule has 21 heavy (non-hydrogen) atoms. The number of unbranched alkanes of at least 4 members (excludes halogenated alkanes) is 3. The van der Waals surface area contributed by atoms with Crippen molar-refractivity contribution in [2.75, 3.05) is 24.6 Å². The van der Waals surface area contributed by atoms with Crippen molar-refractivity contribution >= 4 is 28.2 Å². The van der Waals surface area contributed by atoms with Gasteiger partial charge in [-0.15, -0.1) is 12.4 Å². The molecule has 126 valence electrons. The number of hydrogen-bond acceptors (Lipinski definition) is 4. The van der Waals surface area contributed by atoms with Crippen LogP contribution in [0.25, 0.3) is 0 Å². The molecule has 0 aromatic rings. The van der Waals surface area contributed by atoms with E-state index >= 15 is 0 Å². The van der Waals surface area contributed by atoms with Crippen molar-refractivity contribution in [3.8, 4) is 0 Å². The lowest BCUT2D eigenvalue weighted by molar-refractivity contribution is -0.133. The number of sulfone groups is 1. The molecule has 1 fully saturated rings. The van der Waals surface area contributed by atoms with E-state index in [4.69, 9.17) is 5.73 Å². The molecule has 1 saturated heterocycles. The third-order valence-electron chi connectivity index (χ3n) is 3.78. The van der Waals surface area contributed by atoms with Crippen LogP contribution in [-0.4, -0.2) is 49.9 Å². The van der Waals surface area contributed by atoms with Gasteiger partial charge in [0, 0.05) is 19.0 Å². The van der Waals surface area contributed by atoms with Gasteiger partial charge in [0.25, 0.3) is 0 Å². The van der Waals surface area contributed by atoms with Gasteiger partial charge in [-0.3, -0.25) is 4.79 Å². The van der Waals surface area contributed by atoms with Gasteiger partial charge in [0.05, 0.1) is 11.5 Å². The Balaban J connectivity index is 0.00000400. The van der Waals surface area contributed by atoms with E-state index in [-0.39, 0.29) is 35.9 Å². The first-order valence-corrected chi connectivity index (χ1v) is 9.52. The molecule has 0 aromatic heterocycles. The molecular weight excluding hydrogens is 312 g/mol. The largest absolute Gasteiger partial charge is 0.339 e. The van der Waals surface area contributed by atoms with Crippen LogP contribution in [0.15, 0.2) is 0 Å². The summed E-state index contributed by atoms with van der Waals surface area (Å²) in [5.41, 5.74) is 5.43. The Morgan fingerprint density at radius 2 is 1.90 bits per heavy atom. The maximum Gasteiger partial charge on any atom is 0.222 e. The van der Waals surface area contributed by atoms with Crippen molar-refractivity contribution in [2.45, 2.75) is 57.9 Å². The monoisotopic (exact) mass is 340 g/mol. The second-order valence-corrected chi connectivity index (χ2v) is 7.83. The molecular formula is C14H29ClN2O3S. The topological polar surface area (TPSA) is 80.5 Å². The summed E-state index contributed by atoms with van der Waals surface area (Å²) in [6.07, 6.45) is 5.96. The van der Waals surface area contributed by atoms with Gasteiger partial charge in [-0.1, -0.05) is 19.8 Å². The number of amides is 1. The number of carbonyl (C=O) groups is 1. The zero-order valence-corrected chi connectivity index (χ0v) is 14.6. The summed E-state index contributed by atoms with van der Waals surface area (Å²) in [7, 11) is -2.93. The van der Waals surface area contributed by atoms with Gasteiger partial charge in [0.15, 0.2) is 9.84 Å². The number of halogens is 1. The maximum atomic E-state index is 12.3. The number of carbonyl (C=O) groups excluding carboxylic acids is 1. The highest BCUT2D eigenvalue weighted by Gasteiger charge is 2.33. The SMILES string of the molecule is CCCN(C(=O)CCCCCCN)C1CCS(=O)(=O)C1.Cl. The van der Waals surface area contributed by atoms with Crippen molar-refractivity contribution in [1.82, 2.24) is 4.90 Å². The fraction of sp³-hybridized carbons (Fsp3) is 0.929. The molecule has 1 aliphatic rings. The Hall–Kier alpha value is -0.330. The van der Waals surface area contributed by atoms with Gasteiger partial charge < -0.3 is 10.6 Å². The van der Waals surface area contributed by atoms with E-state index in [0.717, 1.165) is 32.1 Å². The fourth-order valence-corrected chi connectivity index (χ4v) is 4.42. The average molecular weight is 341 g/mol. The van der Waals surface area contributed by atoms with E-state index in [1.807, 2.05) is 6.92 Å².